The molecule has 0 radical (unpaired) electrons. The van der Waals surface area contributed by atoms with Crippen LogP contribution in [-0.4, -0.2) is 22.5 Å². The molecule has 1 aromatic heterocycles. The summed E-state index contributed by atoms with van der Waals surface area (Å²) in [5.41, 5.74) is 6.86. The zero-order valence-corrected chi connectivity index (χ0v) is 9.22. The Morgan fingerprint density at radius 3 is 3.13 bits per heavy atom. The van der Waals surface area contributed by atoms with Gasteiger partial charge in [-0.1, -0.05) is 0 Å². The molecular weight excluding hydrogens is 190 g/mol. The highest BCUT2D eigenvalue weighted by Crippen LogP contribution is 2.15. The predicted octanol–water partition coefficient (Wildman–Crippen LogP) is 1.47. The molecule has 1 fully saturated rings. The van der Waals surface area contributed by atoms with E-state index in [-0.39, 0.29) is 6.04 Å². The van der Waals surface area contributed by atoms with Crippen molar-refractivity contribution < 1.29 is 4.74 Å². The molecule has 2 rings (SSSR count). The van der Waals surface area contributed by atoms with Crippen LogP contribution in [-0.2, 0) is 11.3 Å². The fourth-order valence-corrected chi connectivity index (χ4v) is 1.87. The molecule has 0 aromatic carbocycles. The Hall–Kier alpha value is -0.870. The van der Waals surface area contributed by atoms with E-state index in [1.54, 1.807) is 0 Å². The molecule has 1 aliphatic heterocycles. The topological polar surface area (TPSA) is 53.1 Å². The molecule has 0 unspecified atom stereocenters. The molecule has 4 heteroatoms. The van der Waals surface area contributed by atoms with Gasteiger partial charge in [-0.15, -0.1) is 0 Å². The van der Waals surface area contributed by atoms with Crippen LogP contribution in [0.25, 0.3) is 0 Å². The van der Waals surface area contributed by atoms with Crippen LogP contribution in [0.4, 0.5) is 0 Å². The Kier molecular flexibility index (Phi) is 3.38. The molecule has 1 saturated heterocycles. The van der Waals surface area contributed by atoms with E-state index in [1.807, 2.05) is 24.0 Å². The smallest absolute Gasteiger partial charge is 0.0770 e. The number of hydrogen-bond donors (Lipinski definition) is 1. The lowest BCUT2D eigenvalue weighted by Gasteiger charge is -2.22. The normalized spacial score (nSPS) is 24.0. The van der Waals surface area contributed by atoms with Gasteiger partial charge in [0.25, 0.3) is 0 Å². The lowest BCUT2D eigenvalue weighted by atomic mass is 10.1. The van der Waals surface area contributed by atoms with Gasteiger partial charge in [-0.25, -0.2) is 0 Å². The van der Waals surface area contributed by atoms with Crippen molar-refractivity contribution in [1.29, 1.82) is 0 Å². The minimum absolute atomic E-state index is 0.0611. The predicted molar refractivity (Wildman–Crippen MR) is 58.4 cm³/mol. The molecule has 2 heterocycles. The van der Waals surface area contributed by atoms with Crippen molar-refractivity contribution in [3.8, 4) is 0 Å². The Balaban J connectivity index is 1.91. The van der Waals surface area contributed by atoms with E-state index in [4.69, 9.17) is 10.5 Å². The van der Waals surface area contributed by atoms with E-state index < -0.39 is 0 Å². The number of nitrogens with two attached hydrogens (primary N) is 1. The minimum atomic E-state index is 0.0611. The van der Waals surface area contributed by atoms with Gasteiger partial charge in [-0.3, -0.25) is 4.68 Å². The van der Waals surface area contributed by atoms with Crippen LogP contribution in [0.5, 0.6) is 0 Å². The van der Waals surface area contributed by atoms with E-state index in [0.29, 0.717) is 6.10 Å². The van der Waals surface area contributed by atoms with E-state index in [9.17, 15) is 0 Å². The third-order valence-electron chi connectivity index (χ3n) is 2.84. The summed E-state index contributed by atoms with van der Waals surface area (Å²) in [7, 11) is 0. The Bertz CT molecular complexity index is 303. The molecule has 0 bridgehead atoms. The van der Waals surface area contributed by atoms with Crippen molar-refractivity contribution in [2.24, 2.45) is 5.73 Å². The van der Waals surface area contributed by atoms with Crippen molar-refractivity contribution in [3.05, 3.63) is 18.0 Å². The number of aromatic nitrogens is 2. The zero-order chi connectivity index (χ0) is 10.7. The fraction of sp³-hybridized carbons (Fsp3) is 0.727. The van der Waals surface area contributed by atoms with Crippen molar-refractivity contribution in [3.63, 3.8) is 0 Å². The van der Waals surface area contributed by atoms with Crippen LogP contribution in [0.3, 0.4) is 0 Å². The minimum Gasteiger partial charge on any atom is -0.376 e. The van der Waals surface area contributed by atoms with E-state index in [0.717, 1.165) is 25.1 Å². The third kappa shape index (κ3) is 2.79. The standard InChI is InChI=1S/C11H19N3O/c1-9(12)10-6-13-14(7-10)8-11-4-2-3-5-15-11/h6-7,9,11H,2-5,8,12H2,1H3/t9-,11+/m0/s1. The van der Waals surface area contributed by atoms with Gasteiger partial charge in [0, 0.05) is 24.4 Å². The van der Waals surface area contributed by atoms with Gasteiger partial charge in [0.1, 0.15) is 0 Å². The second-order valence-corrected chi connectivity index (χ2v) is 4.27. The highest BCUT2D eigenvalue weighted by Gasteiger charge is 2.15. The van der Waals surface area contributed by atoms with Crippen LogP contribution >= 0.6 is 0 Å². The first kappa shape index (κ1) is 10.6. The van der Waals surface area contributed by atoms with Crippen LogP contribution in [0, 0.1) is 0 Å². The largest absolute Gasteiger partial charge is 0.376 e. The molecule has 84 valence electrons. The molecule has 2 N–H and O–H groups in total. The Morgan fingerprint density at radius 2 is 2.53 bits per heavy atom. The molecule has 15 heavy (non-hydrogen) atoms. The lowest BCUT2D eigenvalue weighted by Crippen LogP contribution is -2.24. The second kappa shape index (κ2) is 4.77. The maximum atomic E-state index is 5.78. The molecule has 2 atom stereocenters. The average molecular weight is 209 g/mol. The van der Waals surface area contributed by atoms with Crippen LogP contribution < -0.4 is 5.73 Å². The lowest BCUT2D eigenvalue weighted by molar-refractivity contribution is 0.00398. The molecule has 0 spiro atoms. The summed E-state index contributed by atoms with van der Waals surface area (Å²) in [5.74, 6) is 0. The summed E-state index contributed by atoms with van der Waals surface area (Å²) < 4.78 is 7.60. The van der Waals surface area contributed by atoms with E-state index >= 15 is 0 Å². The van der Waals surface area contributed by atoms with Gasteiger partial charge < -0.3 is 10.5 Å². The second-order valence-electron chi connectivity index (χ2n) is 4.27. The molecule has 0 aliphatic carbocycles. The number of rotatable bonds is 3. The number of hydrogen-bond acceptors (Lipinski definition) is 3. The van der Waals surface area contributed by atoms with E-state index in [2.05, 4.69) is 5.10 Å². The summed E-state index contributed by atoms with van der Waals surface area (Å²) in [6, 6.07) is 0.0611. The van der Waals surface area contributed by atoms with Gasteiger partial charge in [-0.05, 0) is 26.2 Å². The van der Waals surface area contributed by atoms with Gasteiger partial charge in [0.05, 0.1) is 18.8 Å². The van der Waals surface area contributed by atoms with E-state index in [1.165, 1.54) is 12.8 Å². The molecule has 1 aliphatic rings. The number of nitrogens with zero attached hydrogens (tertiary/aromatic N) is 2. The van der Waals surface area contributed by atoms with Gasteiger partial charge in [0.2, 0.25) is 0 Å². The van der Waals surface area contributed by atoms with Crippen LogP contribution in [0.15, 0.2) is 12.4 Å². The summed E-state index contributed by atoms with van der Waals surface area (Å²) in [6.45, 7) is 3.72. The van der Waals surface area contributed by atoms with Crippen LogP contribution in [0.2, 0.25) is 0 Å². The monoisotopic (exact) mass is 209 g/mol. The first-order valence-corrected chi connectivity index (χ1v) is 5.65. The maximum absolute atomic E-state index is 5.78. The quantitative estimate of drug-likeness (QED) is 0.820. The maximum Gasteiger partial charge on any atom is 0.0770 e. The van der Waals surface area contributed by atoms with Gasteiger partial charge in [0.15, 0.2) is 0 Å². The van der Waals surface area contributed by atoms with Gasteiger partial charge in [-0.2, -0.15) is 5.10 Å². The van der Waals surface area contributed by atoms with Crippen molar-refractivity contribution >= 4 is 0 Å². The summed E-state index contributed by atoms with van der Waals surface area (Å²) in [4.78, 5) is 0. The third-order valence-corrected chi connectivity index (χ3v) is 2.84. The first-order chi connectivity index (χ1) is 7.25. The fourth-order valence-electron chi connectivity index (χ4n) is 1.87. The molecule has 4 nitrogen and oxygen atoms in total. The SMILES string of the molecule is C[C@H](N)c1cnn(C[C@H]2CCCCO2)c1. The molecule has 0 amide bonds. The molecule has 0 saturated carbocycles. The molecular formula is C11H19N3O. The summed E-state index contributed by atoms with van der Waals surface area (Å²) in [6.07, 6.45) is 7.80. The highest BCUT2D eigenvalue weighted by molar-refractivity contribution is 5.08. The van der Waals surface area contributed by atoms with Crippen LogP contribution in [0.1, 0.15) is 37.8 Å². The Labute approximate surface area is 90.4 Å². The van der Waals surface area contributed by atoms with Crippen molar-refractivity contribution in [1.82, 2.24) is 9.78 Å². The highest BCUT2D eigenvalue weighted by atomic mass is 16.5. The average Bonchev–Trinajstić information content (AvgIpc) is 2.68. The van der Waals surface area contributed by atoms with Gasteiger partial charge >= 0.3 is 0 Å². The zero-order valence-electron chi connectivity index (χ0n) is 9.22. The summed E-state index contributed by atoms with van der Waals surface area (Å²) >= 11 is 0. The molecule has 1 aromatic rings. The van der Waals surface area contributed by atoms with Crippen molar-refractivity contribution in [2.75, 3.05) is 6.61 Å². The number of ether oxygens (including phenoxy) is 1. The van der Waals surface area contributed by atoms with Crippen molar-refractivity contribution in [2.45, 2.75) is 44.9 Å². The first-order valence-electron chi connectivity index (χ1n) is 5.65. The summed E-state index contributed by atoms with van der Waals surface area (Å²) in [5, 5.41) is 4.29. The Morgan fingerprint density at radius 1 is 1.67 bits per heavy atom.